The Morgan fingerprint density at radius 1 is 0.892 bits per heavy atom. The Morgan fingerprint density at radius 2 is 1.54 bits per heavy atom. The van der Waals surface area contributed by atoms with Crippen LogP contribution < -0.4 is 0 Å². The molecule has 0 aromatic heterocycles. The summed E-state index contributed by atoms with van der Waals surface area (Å²) in [5.74, 6) is -4.90. The van der Waals surface area contributed by atoms with Crippen molar-refractivity contribution >= 4 is 23.5 Å². The lowest BCUT2D eigenvalue weighted by Crippen LogP contribution is -2.57. The predicted octanol–water partition coefficient (Wildman–Crippen LogP) is 4.87. The van der Waals surface area contributed by atoms with Crippen LogP contribution in [-0.2, 0) is 19.2 Å². The molecule has 0 aliphatic heterocycles. The van der Waals surface area contributed by atoms with Gasteiger partial charge in [0, 0.05) is 24.7 Å². The zero-order valence-electron chi connectivity index (χ0n) is 21.7. The molecule has 0 amide bonds. The summed E-state index contributed by atoms with van der Waals surface area (Å²) in [5.41, 5.74) is -2.15. The van der Waals surface area contributed by atoms with E-state index < -0.39 is 51.2 Å². The molecule has 9 nitrogen and oxygen atoms in total. The maximum absolute atomic E-state index is 13.9. The summed E-state index contributed by atoms with van der Waals surface area (Å²) >= 11 is 0. The fourth-order valence-corrected chi connectivity index (χ4v) is 9.13. The Morgan fingerprint density at radius 3 is 2.16 bits per heavy atom. The van der Waals surface area contributed by atoms with Crippen molar-refractivity contribution in [1.82, 2.24) is 0 Å². The molecule has 0 unspecified atom stereocenters. The van der Waals surface area contributed by atoms with E-state index in [9.17, 15) is 39.6 Å². The maximum atomic E-state index is 13.9. The molecule has 0 radical (unpaired) electrons. The van der Waals surface area contributed by atoms with Crippen LogP contribution in [0.1, 0.15) is 85.0 Å². The maximum Gasteiger partial charge on any atom is 0.303 e. The molecule has 37 heavy (non-hydrogen) atoms. The summed E-state index contributed by atoms with van der Waals surface area (Å²) in [6, 6.07) is 0. The molecule has 0 spiro atoms. The quantitative estimate of drug-likeness (QED) is 0.301. The van der Waals surface area contributed by atoms with E-state index in [4.69, 9.17) is 5.11 Å². The topological polar surface area (TPSA) is 169 Å². The molecule has 0 saturated heterocycles. The van der Waals surface area contributed by atoms with Gasteiger partial charge in [-0.25, -0.2) is 0 Å². The molecule has 0 heterocycles. The zero-order valence-corrected chi connectivity index (χ0v) is 21.7. The number of carboxylic acids is 2. The smallest absolute Gasteiger partial charge is 0.303 e. The van der Waals surface area contributed by atoms with Gasteiger partial charge in [0.2, 0.25) is 17.3 Å². The number of aliphatic hydroxyl groups is 3. The Bertz CT molecular complexity index is 1100. The number of carboxylic acid groups (broad SMARTS) is 2. The van der Waals surface area contributed by atoms with Gasteiger partial charge in [-0.1, -0.05) is 13.8 Å². The summed E-state index contributed by atoms with van der Waals surface area (Å²) in [5, 5.41) is 49.7. The van der Waals surface area contributed by atoms with Crippen molar-refractivity contribution in [3.63, 3.8) is 0 Å². The van der Waals surface area contributed by atoms with E-state index in [0.29, 0.717) is 37.7 Å². The number of carbonyl (C=O) groups is 4. The van der Waals surface area contributed by atoms with Crippen LogP contribution in [0.2, 0.25) is 0 Å². The van der Waals surface area contributed by atoms with Gasteiger partial charge in [-0.2, -0.15) is 0 Å². The monoisotopic (exact) mass is 518 g/mol. The van der Waals surface area contributed by atoms with Gasteiger partial charge >= 0.3 is 11.9 Å². The minimum absolute atomic E-state index is 0.0123. The first kappa shape index (κ1) is 27.2. The average molecular weight is 519 g/mol. The van der Waals surface area contributed by atoms with Gasteiger partial charge in [0.1, 0.15) is 5.78 Å². The average Bonchev–Trinajstić information content (AvgIpc) is 3.06. The first-order chi connectivity index (χ1) is 17.2. The first-order valence-corrected chi connectivity index (χ1v) is 13.3. The van der Waals surface area contributed by atoms with Gasteiger partial charge in [-0.05, 0) is 86.5 Å². The van der Waals surface area contributed by atoms with E-state index in [2.05, 4.69) is 6.92 Å². The number of allylic oxidation sites excluding steroid dienone is 2. The zero-order chi connectivity index (χ0) is 27.5. The van der Waals surface area contributed by atoms with Crippen molar-refractivity contribution in [1.29, 1.82) is 0 Å². The van der Waals surface area contributed by atoms with Crippen molar-refractivity contribution in [3.05, 3.63) is 22.9 Å². The van der Waals surface area contributed by atoms with Crippen molar-refractivity contribution in [2.75, 3.05) is 0 Å². The summed E-state index contributed by atoms with van der Waals surface area (Å²) in [6.45, 7) is 5.80. The van der Waals surface area contributed by atoms with E-state index >= 15 is 0 Å². The van der Waals surface area contributed by atoms with E-state index in [1.54, 1.807) is 6.92 Å². The fourth-order valence-electron chi connectivity index (χ4n) is 9.13. The van der Waals surface area contributed by atoms with Crippen LogP contribution in [-0.4, -0.2) is 49.0 Å². The molecule has 4 aliphatic carbocycles. The van der Waals surface area contributed by atoms with E-state index in [0.717, 1.165) is 0 Å². The van der Waals surface area contributed by atoms with Gasteiger partial charge in [0.05, 0.1) is 5.41 Å². The highest BCUT2D eigenvalue weighted by atomic mass is 16.4. The molecule has 5 N–H and O–H groups in total. The van der Waals surface area contributed by atoms with Gasteiger partial charge in [0.25, 0.3) is 0 Å². The first-order valence-electron chi connectivity index (χ1n) is 13.3. The number of Topliss-reactive ketones (excluding diaryl/α,β-unsaturated/α-hetero) is 2. The lowest BCUT2D eigenvalue weighted by molar-refractivity contribution is -0.153. The molecule has 204 valence electrons. The van der Waals surface area contributed by atoms with Crippen LogP contribution in [0.15, 0.2) is 22.9 Å². The summed E-state index contributed by atoms with van der Waals surface area (Å²) in [6.07, 6.45) is 3.04. The van der Waals surface area contributed by atoms with E-state index in [1.165, 1.54) is 0 Å². The molecule has 3 fully saturated rings. The number of ketones is 2. The third-order valence-corrected chi connectivity index (χ3v) is 10.8. The number of carbonyl (C=O) groups excluding carboxylic acids is 2. The van der Waals surface area contributed by atoms with Crippen LogP contribution in [0.25, 0.3) is 0 Å². The molecule has 0 bridgehead atoms. The minimum Gasteiger partial charge on any atom is -0.504 e. The Kier molecular flexibility index (Phi) is 6.74. The number of aliphatic hydroxyl groups excluding tert-OH is 3. The third-order valence-electron chi connectivity index (χ3n) is 10.8. The summed E-state index contributed by atoms with van der Waals surface area (Å²) in [4.78, 5) is 50.0. The Labute approximate surface area is 216 Å². The summed E-state index contributed by atoms with van der Waals surface area (Å²) < 4.78 is 0. The SMILES string of the molecule is C[C@H]1C[C@H]2[C@@H]3CCC4=C(O)C(O)=C(O)C(=O)[C@]4(C)[C@H]3CC[C@]2(C)[C@@]1(CCC(=O)O)C(=O)CCCC(=O)O. The van der Waals surface area contributed by atoms with Gasteiger partial charge in [0.15, 0.2) is 5.76 Å². The third kappa shape index (κ3) is 3.71. The van der Waals surface area contributed by atoms with Gasteiger partial charge < -0.3 is 25.5 Å². The lowest BCUT2D eigenvalue weighted by atomic mass is 9.44. The van der Waals surface area contributed by atoms with Crippen LogP contribution in [0, 0.1) is 39.9 Å². The highest BCUT2D eigenvalue weighted by Crippen LogP contribution is 2.72. The van der Waals surface area contributed by atoms with Gasteiger partial charge in [-0.15, -0.1) is 0 Å². The summed E-state index contributed by atoms with van der Waals surface area (Å²) in [7, 11) is 0. The molecule has 0 aromatic rings. The second-order valence-electron chi connectivity index (χ2n) is 12.1. The molecule has 9 heteroatoms. The molecule has 0 aromatic carbocycles. The Hall–Kier alpha value is -2.84. The molecular weight excluding hydrogens is 480 g/mol. The molecule has 4 aliphatic rings. The lowest BCUT2D eigenvalue weighted by Gasteiger charge is -2.59. The van der Waals surface area contributed by atoms with E-state index in [-0.39, 0.29) is 61.6 Å². The minimum atomic E-state index is -1.16. The highest BCUT2D eigenvalue weighted by Gasteiger charge is 2.69. The second kappa shape index (κ2) is 9.17. The van der Waals surface area contributed by atoms with E-state index in [1.807, 2.05) is 6.92 Å². The van der Waals surface area contributed by atoms with Crippen molar-refractivity contribution in [2.45, 2.75) is 85.0 Å². The molecule has 3 saturated carbocycles. The van der Waals surface area contributed by atoms with Crippen LogP contribution >= 0.6 is 0 Å². The van der Waals surface area contributed by atoms with Crippen LogP contribution in [0.3, 0.4) is 0 Å². The molecular formula is C28H38O9. The standard InChI is InChI=1S/C28H38O9/c1-14-13-18-15-7-8-17-22(34)23(35)24(36)25(37)27(17,3)16(15)9-11-26(18,2)28(14,12-10-21(32)33)19(29)5-4-6-20(30)31/h14-16,18,34-36H,4-13H2,1-3H3,(H,30,31)(H,32,33)/t14-,15+,16-,18-,26-,27+,28+/m0/s1. The van der Waals surface area contributed by atoms with Crippen LogP contribution in [0.4, 0.5) is 0 Å². The highest BCUT2D eigenvalue weighted by molar-refractivity contribution is 6.02. The molecule has 4 rings (SSSR count). The number of hydrogen-bond acceptors (Lipinski definition) is 7. The second-order valence-corrected chi connectivity index (χ2v) is 12.1. The van der Waals surface area contributed by atoms with Crippen molar-refractivity contribution in [2.24, 2.45) is 39.9 Å². The predicted molar refractivity (Wildman–Crippen MR) is 132 cm³/mol. The Balaban J connectivity index is 1.73. The number of fused-ring (bicyclic) bond motifs is 5. The van der Waals surface area contributed by atoms with Crippen LogP contribution in [0.5, 0.6) is 0 Å². The fraction of sp³-hybridized carbons (Fsp3) is 0.714. The normalized spacial score (nSPS) is 39.2. The number of aliphatic carboxylic acids is 2. The van der Waals surface area contributed by atoms with Crippen molar-refractivity contribution in [3.8, 4) is 0 Å². The number of rotatable bonds is 8. The van der Waals surface area contributed by atoms with Crippen molar-refractivity contribution < 1.29 is 44.7 Å². The molecule has 7 atom stereocenters. The number of hydrogen-bond donors (Lipinski definition) is 5. The van der Waals surface area contributed by atoms with Gasteiger partial charge in [-0.3, -0.25) is 19.2 Å². The largest absolute Gasteiger partial charge is 0.504 e.